The van der Waals surface area contributed by atoms with Crippen LogP contribution in [-0.4, -0.2) is 13.2 Å². The first-order valence-electron chi connectivity index (χ1n) is 11.1. The molecule has 0 N–H and O–H groups in total. The Morgan fingerprint density at radius 1 is 0.536 bits per heavy atom. The average Bonchev–Trinajstić information content (AvgIpc) is 2.75. The maximum Gasteiger partial charge on any atom is 0.126 e. The van der Waals surface area contributed by atoms with Crippen LogP contribution in [0.3, 0.4) is 0 Å². The molecule has 28 heavy (non-hydrogen) atoms. The average molecular weight is 383 g/mol. The zero-order valence-electron chi connectivity index (χ0n) is 18.2. The quantitative estimate of drug-likeness (QED) is 0.364. The third-order valence-corrected chi connectivity index (χ3v) is 5.44. The molecule has 0 amide bonds. The second-order valence-electron chi connectivity index (χ2n) is 7.58. The van der Waals surface area contributed by atoms with Gasteiger partial charge in [0.15, 0.2) is 0 Å². The third kappa shape index (κ3) is 4.67. The van der Waals surface area contributed by atoms with Gasteiger partial charge in [-0.05, 0) is 36.8 Å². The molecule has 2 heteroatoms. The molecule has 2 rings (SSSR count). The summed E-state index contributed by atoms with van der Waals surface area (Å²) in [5.41, 5.74) is 1.43. The maximum atomic E-state index is 6.85. The SMILES string of the molecule is CCCOC(CCC)(c1ccccc1)C(CCC)(OCCC)c1ccccc1. The smallest absolute Gasteiger partial charge is 0.126 e. The van der Waals surface area contributed by atoms with E-state index in [-0.39, 0.29) is 0 Å². The first-order chi connectivity index (χ1) is 13.7. The fourth-order valence-corrected chi connectivity index (χ4v) is 4.37. The highest BCUT2D eigenvalue weighted by atomic mass is 16.6. The summed E-state index contributed by atoms with van der Waals surface area (Å²) in [5, 5.41) is 0. The van der Waals surface area contributed by atoms with Crippen molar-refractivity contribution in [3.63, 3.8) is 0 Å². The Labute approximate surface area is 172 Å². The number of hydrogen-bond acceptors (Lipinski definition) is 2. The molecule has 2 nitrogen and oxygen atoms in total. The van der Waals surface area contributed by atoms with Crippen LogP contribution in [0.25, 0.3) is 0 Å². The first-order valence-corrected chi connectivity index (χ1v) is 11.1. The van der Waals surface area contributed by atoms with E-state index in [2.05, 4.69) is 88.4 Å². The van der Waals surface area contributed by atoms with Crippen LogP contribution in [0.2, 0.25) is 0 Å². The van der Waals surface area contributed by atoms with E-state index in [4.69, 9.17) is 9.47 Å². The normalized spacial score (nSPS) is 15.7. The lowest BCUT2D eigenvalue weighted by molar-refractivity contribution is -0.232. The summed E-state index contributed by atoms with van der Waals surface area (Å²) < 4.78 is 13.7. The lowest BCUT2D eigenvalue weighted by atomic mass is 9.68. The highest BCUT2D eigenvalue weighted by Crippen LogP contribution is 2.52. The predicted octanol–water partition coefficient (Wildman–Crippen LogP) is 7.23. The molecule has 0 aliphatic carbocycles. The minimum Gasteiger partial charge on any atom is -0.367 e. The Hall–Kier alpha value is -1.64. The summed E-state index contributed by atoms with van der Waals surface area (Å²) >= 11 is 0. The molecule has 154 valence electrons. The largest absolute Gasteiger partial charge is 0.367 e. The van der Waals surface area contributed by atoms with Gasteiger partial charge in [-0.2, -0.15) is 0 Å². The molecule has 0 radical (unpaired) electrons. The summed E-state index contributed by atoms with van der Waals surface area (Å²) in [6.07, 6.45) is 5.90. The summed E-state index contributed by atoms with van der Waals surface area (Å²) in [4.78, 5) is 0. The van der Waals surface area contributed by atoms with E-state index in [0.29, 0.717) is 0 Å². The van der Waals surface area contributed by atoms with Gasteiger partial charge in [0.1, 0.15) is 11.2 Å². The van der Waals surface area contributed by atoms with Crippen molar-refractivity contribution in [2.45, 2.75) is 77.4 Å². The fraction of sp³-hybridized carbons (Fsp3) is 0.538. The predicted molar refractivity (Wildman–Crippen MR) is 119 cm³/mol. The van der Waals surface area contributed by atoms with E-state index < -0.39 is 11.2 Å². The topological polar surface area (TPSA) is 18.5 Å². The van der Waals surface area contributed by atoms with Crippen molar-refractivity contribution >= 4 is 0 Å². The Bertz CT molecular complexity index is 595. The maximum absolute atomic E-state index is 6.85. The van der Waals surface area contributed by atoms with Crippen LogP contribution in [-0.2, 0) is 20.7 Å². The summed E-state index contributed by atoms with van der Waals surface area (Å²) in [7, 11) is 0. The summed E-state index contributed by atoms with van der Waals surface area (Å²) in [6.45, 7) is 10.3. The standard InChI is InChI=1S/C26H38O2/c1-5-19-25(27-21-7-3,23-15-11-9-12-16-23)26(20-6-2,28-22-8-4)24-17-13-10-14-18-24/h9-18H,5-8,19-22H2,1-4H3. The fourth-order valence-electron chi connectivity index (χ4n) is 4.37. The van der Waals surface area contributed by atoms with Gasteiger partial charge < -0.3 is 9.47 Å². The molecule has 0 saturated carbocycles. The molecular weight excluding hydrogens is 344 g/mol. The number of rotatable bonds is 13. The van der Waals surface area contributed by atoms with Crippen LogP contribution >= 0.6 is 0 Å². The van der Waals surface area contributed by atoms with Gasteiger partial charge in [0, 0.05) is 13.2 Å². The van der Waals surface area contributed by atoms with Gasteiger partial charge in [-0.3, -0.25) is 0 Å². The first kappa shape index (κ1) is 22.6. The van der Waals surface area contributed by atoms with Crippen molar-refractivity contribution < 1.29 is 9.47 Å². The van der Waals surface area contributed by atoms with Crippen molar-refractivity contribution in [2.24, 2.45) is 0 Å². The van der Waals surface area contributed by atoms with E-state index in [1.54, 1.807) is 0 Å². The second kappa shape index (κ2) is 11.4. The highest BCUT2D eigenvalue weighted by molar-refractivity contribution is 5.35. The Kier molecular flexibility index (Phi) is 9.21. The Morgan fingerprint density at radius 2 is 0.893 bits per heavy atom. The minimum atomic E-state index is -0.508. The van der Waals surface area contributed by atoms with Crippen molar-refractivity contribution in [3.05, 3.63) is 71.8 Å². The molecular formula is C26H38O2. The molecule has 0 aliphatic rings. The third-order valence-electron chi connectivity index (χ3n) is 5.44. The monoisotopic (exact) mass is 382 g/mol. The lowest BCUT2D eigenvalue weighted by Gasteiger charge is -2.51. The molecule has 0 saturated heterocycles. The van der Waals surface area contributed by atoms with E-state index in [1.165, 1.54) is 11.1 Å². The lowest BCUT2D eigenvalue weighted by Crippen LogP contribution is -2.53. The van der Waals surface area contributed by atoms with Crippen molar-refractivity contribution in [2.75, 3.05) is 13.2 Å². The highest BCUT2D eigenvalue weighted by Gasteiger charge is 2.54. The molecule has 2 aromatic carbocycles. The molecule has 2 atom stereocenters. The van der Waals surface area contributed by atoms with Gasteiger partial charge >= 0.3 is 0 Å². The molecule has 0 spiro atoms. The van der Waals surface area contributed by atoms with Gasteiger partial charge in [-0.1, -0.05) is 101 Å². The molecule has 2 aromatic rings. The Morgan fingerprint density at radius 3 is 1.18 bits per heavy atom. The van der Waals surface area contributed by atoms with Gasteiger partial charge in [-0.15, -0.1) is 0 Å². The number of hydrogen-bond donors (Lipinski definition) is 0. The molecule has 0 aromatic heterocycles. The molecule has 0 bridgehead atoms. The number of ether oxygens (including phenoxy) is 2. The zero-order chi connectivity index (χ0) is 20.3. The van der Waals surface area contributed by atoms with E-state index >= 15 is 0 Å². The second-order valence-corrected chi connectivity index (χ2v) is 7.58. The number of benzene rings is 2. The van der Waals surface area contributed by atoms with Crippen LogP contribution in [0.4, 0.5) is 0 Å². The minimum absolute atomic E-state index is 0.508. The van der Waals surface area contributed by atoms with Crippen LogP contribution in [0.15, 0.2) is 60.7 Å². The van der Waals surface area contributed by atoms with Crippen LogP contribution in [0.5, 0.6) is 0 Å². The Balaban J connectivity index is 2.78. The van der Waals surface area contributed by atoms with Crippen molar-refractivity contribution in [1.29, 1.82) is 0 Å². The molecule has 0 heterocycles. The summed E-state index contributed by atoms with van der Waals surface area (Å²) in [5.74, 6) is 0. The summed E-state index contributed by atoms with van der Waals surface area (Å²) in [6, 6.07) is 21.5. The molecule has 0 fully saturated rings. The van der Waals surface area contributed by atoms with Gasteiger partial charge in [-0.25, -0.2) is 0 Å². The van der Waals surface area contributed by atoms with Crippen molar-refractivity contribution in [3.8, 4) is 0 Å². The van der Waals surface area contributed by atoms with Crippen LogP contribution in [0.1, 0.15) is 77.3 Å². The van der Waals surface area contributed by atoms with E-state index in [0.717, 1.165) is 51.7 Å². The van der Waals surface area contributed by atoms with E-state index in [9.17, 15) is 0 Å². The van der Waals surface area contributed by atoms with Crippen LogP contribution in [0, 0.1) is 0 Å². The van der Waals surface area contributed by atoms with E-state index in [1.807, 2.05) is 0 Å². The van der Waals surface area contributed by atoms with Gasteiger partial charge in [0.2, 0.25) is 0 Å². The van der Waals surface area contributed by atoms with Crippen LogP contribution < -0.4 is 0 Å². The molecule has 0 aliphatic heterocycles. The van der Waals surface area contributed by atoms with Gasteiger partial charge in [0.25, 0.3) is 0 Å². The van der Waals surface area contributed by atoms with Crippen molar-refractivity contribution in [1.82, 2.24) is 0 Å². The van der Waals surface area contributed by atoms with Gasteiger partial charge in [0.05, 0.1) is 0 Å². The molecule has 2 unspecified atom stereocenters. The zero-order valence-corrected chi connectivity index (χ0v) is 18.2.